The maximum absolute atomic E-state index is 4.03. The van der Waals surface area contributed by atoms with Crippen molar-refractivity contribution in [2.24, 2.45) is 0 Å². The summed E-state index contributed by atoms with van der Waals surface area (Å²) in [6, 6.07) is 15.9. The average Bonchev–Trinajstić information content (AvgIpc) is 3.34. The smallest absolute Gasteiger partial charge is 0.0457 e. The van der Waals surface area contributed by atoms with Gasteiger partial charge in [-0.2, -0.15) is 0 Å². The fraction of sp³-hybridized carbons (Fsp3) is 0.364. The lowest BCUT2D eigenvalue weighted by molar-refractivity contribution is 0.949. The maximum atomic E-state index is 4.03. The van der Waals surface area contributed by atoms with Gasteiger partial charge >= 0.3 is 0 Å². The van der Waals surface area contributed by atoms with E-state index in [0.29, 0.717) is 0 Å². The van der Waals surface area contributed by atoms with Crippen molar-refractivity contribution in [2.45, 2.75) is 25.7 Å². The molecule has 0 aromatic heterocycles. The molecular formula is C22H23BrN2. The quantitative estimate of drug-likeness (QED) is 0.495. The first kappa shape index (κ1) is 15.5. The Balaban J connectivity index is 1.80. The van der Waals surface area contributed by atoms with Crippen LogP contribution in [0.1, 0.15) is 25.7 Å². The van der Waals surface area contributed by atoms with Crippen molar-refractivity contribution >= 4 is 48.8 Å². The van der Waals surface area contributed by atoms with E-state index < -0.39 is 0 Å². The number of halogens is 1. The van der Waals surface area contributed by atoms with Crippen LogP contribution in [0.15, 0.2) is 46.9 Å². The summed E-state index contributed by atoms with van der Waals surface area (Å²) in [7, 11) is 0. The predicted octanol–water partition coefficient (Wildman–Crippen LogP) is 5.96. The number of hydrogen-bond acceptors (Lipinski definition) is 2. The zero-order valence-electron chi connectivity index (χ0n) is 14.5. The van der Waals surface area contributed by atoms with E-state index in [4.69, 9.17) is 0 Å². The van der Waals surface area contributed by atoms with Crippen LogP contribution < -0.4 is 9.80 Å². The minimum Gasteiger partial charge on any atom is -0.371 e. The minimum atomic E-state index is 1.18. The zero-order chi connectivity index (χ0) is 16.8. The third-order valence-corrected chi connectivity index (χ3v) is 6.59. The Kier molecular flexibility index (Phi) is 3.85. The monoisotopic (exact) mass is 394 g/mol. The predicted molar refractivity (Wildman–Crippen MR) is 112 cm³/mol. The van der Waals surface area contributed by atoms with Crippen LogP contribution in [-0.4, -0.2) is 26.2 Å². The van der Waals surface area contributed by atoms with Crippen molar-refractivity contribution in [2.75, 3.05) is 36.0 Å². The molecule has 2 saturated heterocycles. The van der Waals surface area contributed by atoms with E-state index in [1.807, 2.05) is 0 Å². The van der Waals surface area contributed by atoms with E-state index in [2.05, 4.69) is 68.2 Å². The second kappa shape index (κ2) is 6.21. The first-order valence-corrected chi connectivity index (χ1v) is 10.3. The lowest BCUT2D eigenvalue weighted by Gasteiger charge is -2.24. The molecule has 0 radical (unpaired) electrons. The van der Waals surface area contributed by atoms with Gasteiger partial charge in [-0.25, -0.2) is 0 Å². The van der Waals surface area contributed by atoms with E-state index in [0.717, 1.165) is 0 Å². The Morgan fingerprint density at radius 2 is 1.08 bits per heavy atom. The lowest BCUT2D eigenvalue weighted by atomic mass is 10.00. The molecule has 2 fully saturated rings. The highest BCUT2D eigenvalue weighted by molar-refractivity contribution is 9.10. The van der Waals surface area contributed by atoms with Crippen molar-refractivity contribution in [1.82, 2.24) is 0 Å². The number of fused-ring (bicyclic) bond motifs is 2. The molecule has 2 heterocycles. The van der Waals surface area contributed by atoms with Gasteiger partial charge in [-0.1, -0.05) is 24.3 Å². The Bertz CT molecular complexity index is 864. The molecule has 0 spiro atoms. The fourth-order valence-electron chi connectivity index (χ4n) is 4.57. The van der Waals surface area contributed by atoms with Crippen LogP contribution in [0.5, 0.6) is 0 Å². The molecule has 0 unspecified atom stereocenters. The summed E-state index contributed by atoms with van der Waals surface area (Å²) < 4.78 is 1.27. The highest BCUT2D eigenvalue weighted by Crippen LogP contribution is 2.43. The average molecular weight is 395 g/mol. The molecule has 25 heavy (non-hydrogen) atoms. The summed E-state index contributed by atoms with van der Waals surface area (Å²) in [5, 5.41) is 5.43. The van der Waals surface area contributed by atoms with Gasteiger partial charge in [0.05, 0.1) is 0 Å². The lowest BCUT2D eigenvalue weighted by Crippen LogP contribution is -2.18. The first-order chi connectivity index (χ1) is 12.3. The molecule has 2 aliphatic rings. The first-order valence-electron chi connectivity index (χ1n) is 9.47. The van der Waals surface area contributed by atoms with Crippen LogP contribution >= 0.6 is 15.9 Å². The van der Waals surface area contributed by atoms with Gasteiger partial charge in [-0.15, -0.1) is 0 Å². The van der Waals surface area contributed by atoms with E-state index in [1.54, 1.807) is 0 Å². The molecule has 2 nitrogen and oxygen atoms in total. The highest BCUT2D eigenvalue weighted by Gasteiger charge is 2.21. The molecule has 0 bridgehead atoms. The van der Waals surface area contributed by atoms with Gasteiger partial charge in [0, 0.05) is 52.8 Å². The minimum absolute atomic E-state index is 1.18. The van der Waals surface area contributed by atoms with E-state index in [1.165, 1.54) is 89.3 Å². The van der Waals surface area contributed by atoms with Crippen molar-refractivity contribution in [3.63, 3.8) is 0 Å². The van der Waals surface area contributed by atoms with Crippen LogP contribution in [0, 0.1) is 0 Å². The SMILES string of the molecule is Brc1c2c(N3CCCC3)cccc2cc2cccc(N3CCCC3)c12. The Morgan fingerprint density at radius 1 is 0.640 bits per heavy atom. The van der Waals surface area contributed by atoms with Crippen molar-refractivity contribution in [3.05, 3.63) is 46.9 Å². The second-order valence-electron chi connectivity index (χ2n) is 7.33. The molecule has 3 heteroatoms. The topological polar surface area (TPSA) is 6.48 Å². The molecule has 0 aliphatic carbocycles. The molecule has 128 valence electrons. The standard InChI is InChI=1S/C22H23BrN2/c23-22-20-16(7-5-9-18(20)24-11-1-2-12-24)15-17-8-6-10-19(21(17)22)25-13-3-4-14-25/h5-10,15H,1-4,11-14H2. The summed E-state index contributed by atoms with van der Waals surface area (Å²) in [5.74, 6) is 0. The third kappa shape index (κ3) is 2.52. The summed E-state index contributed by atoms with van der Waals surface area (Å²) in [6.45, 7) is 4.71. The largest absolute Gasteiger partial charge is 0.371 e. The molecule has 0 atom stereocenters. The molecule has 3 aromatic rings. The fourth-order valence-corrected chi connectivity index (χ4v) is 5.43. The zero-order valence-corrected chi connectivity index (χ0v) is 16.1. The summed E-state index contributed by atoms with van der Waals surface area (Å²) in [5.41, 5.74) is 2.78. The molecule has 2 aliphatic heterocycles. The van der Waals surface area contributed by atoms with Crippen LogP contribution in [-0.2, 0) is 0 Å². The normalized spacial score (nSPS) is 18.0. The Labute approximate surface area is 157 Å². The van der Waals surface area contributed by atoms with E-state index >= 15 is 0 Å². The van der Waals surface area contributed by atoms with Gasteiger partial charge in [0.15, 0.2) is 0 Å². The summed E-state index contributed by atoms with van der Waals surface area (Å²) >= 11 is 4.03. The van der Waals surface area contributed by atoms with Crippen LogP contribution in [0.3, 0.4) is 0 Å². The van der Waals surface area contributed by atoms with Gasteiger partial charge in [-0.05, 0) is 70.6 Å². The number of rotatable bonds is 2. The van der Waals surface area contributed by atoms with Gasteiger partial charge < -0.3 is 9.80 Å². The maximum Gasteiger partial charge on any atom is 0.0457 e. The third-order valence-electron chi connectivity index (χ3n) is 5.79. The van der Waals surface area contributed by atoms with Crippen molar-refractivity contribution < 1.29 is 0 Å². The molecule has 0 N–H and O–H groups in total. The van der Waals surface area contributed by atoms with E-state index in [-0.39, 0.29) is 0 Å². The van der Waals surface area contributed by atoms with Gasteiger partial charge in [-0.3, -0.25) is 0 Å². The van der Waals surface area contributed by atoms with E-state index in [9.17, 15) is 0 Å². The number of benzene rings is 3. The molecule has 0 saturated carbocycles. The Morgan fingerprint density at radius 3 is 1.52 bits per heavy atom. The Hall–Kier alpha value is -1.74. The molecule has 0 amide bonds. The van der Waals surface area contributed by atoms with Crippen molar-refractivity contribution in [1.29, 1.82) is 0 Å². The summed E-state index contributed by atoms with van der Waals surface area (Å²) in [4.78, 5) is 5.11. The molecular weight excluding hydrogens is 372 g/mol. The van der Waals surface area contributed by atoms with Crippen LogP contribution in [0.4, 0.5) is 11.4 Å². The highest BCUT2D eigenvalue weighted by atomic mass is 79.9. The van der Waals surface area contributed by atoms with Gasteiger partial charge in [0.2, 0.25) is 0 Å². The number of hydrogen-bond donors (Lipinski definition) is 0. The molecule has 3 aromatic carbocycles. The molecule has 5 rings (SSSR count). The van der Waals surface area contributed by atoms with Crippen LogP contribution in [0.25, 0.3) is 21.5 Å². The number of anilines is 2. The van der Waals surface area contributed by atoms with Gasteiger partial charge in [0.1, 0.15) is 0 Å². The van der Waals surface area contributed by atoms with Crippen molar-refractivity contribution in [3.8, 4) is 0 Å². The summed E-state index contributed by atoms with van der Waals surface area (Å²) in [6.07, 6.45) is 5.22. The van der Waals surface area contributed by atoms with Crippen LogP contribution in [0.2, 0.25) is 0 Å². The van der Waals surface area contributed by atoms with Gasteiger partial charge in [0.25, 0.3) is 0 Å². The number of nitrogens with zero attached hydrogens (tertiary/aromatic N) is 2. The second-order valence-corrected chi connectivity index (χ2v) is 8.12.